The van der Waals surface area contributed by atoms with E-state index in [1.54, 1.807) is 6.07 Å². The van der Waals surface area contributed by atoms with Crippen LogP contribution in [0.1, 0.15) is 63.5 Å². The number of halogens is 3. The molecule has 0 radical (unpaired) electrons. The van der Waals surface area contributed by atoms with Crippen molar-refractivity contribution in [1.82, 2.24) is 0 Å². The van der Waals surface area contributed by atoms with Gasteiger partial charge in [-0.05, 0) is 57.6 Å². The van der Waals surface area contributed by atoms with Gasteiger partial charge in [-0.15, -0.1) is 0 Å². The summed E-state index contributed by atoms with van der Waals surface area (Å²) in [6.07, 6.45) is 1.52. The molecule has 1 aliphatic carbocycles. The van der Waals surface area contributed by atoms with Gasteiger partial charge in [-0.25, -0.2) is 0 Å². The molecule has 1 saturated carbocycles. The van der Waals surface area contributed by atoms with E-state index in [1.807, 2.05) is 26.0 Å². The highest BCUT2D eigenvalue weighted by Crippen LogP contribution is 2.35. The second-order valence-electron chi connectivity index (χ2n) is 9.57. The molecule has 1 N–H and O–H groups in total. The van der Waals surface area contributed by atoms with E-state index < -0.39 is 17.8 Å². The molecule has 7 atom stereocenters. The summed E-state index contributed by atoms with van der Waals surface area (Å²) in [6.45, 7) is 3.85. The molecule has 1 aliphatic rings. The molecule has 6 unspecified atom stereocenters. The summed E-state index contributed by atoms with van der Waals surface area (Å²) in [5, 5.41) is 10.6. The van der Waals surface area contributed by atoms with E-state index >= 15 is 0 Å². The summed E-state index contributed by atoms with van der Waals surface area (Å²) in [5.41, 5.74) is -0.0961. The number of benzene rings is 1. The fourth-order valence-electron chi connectivity index (χ4n) is 4.39. The van der Waals surface area contributed by atoms with Crippen LogP contribution in [0.25, 0.3) is 0 Å². The minimum Gasteiger partial charge on any atom is -0.463 e. The molecule has 0 saturated heterocycles. The van der Waals surface area contributed by atoms with Crippen molar-refractivity contribution in [2.24, 2.45) is 5.92 Å². The van der Waals surface area contributed by atoms with Gasteiger partial charge in [0.15, 0.2) is 0 Å². The van der Waals surface area contributed by atoms with E-state index in [9.17, 15) is 23.1 Å². The van der Waals surface area contributed by atoms with Crippen molar-refractivity contribution in [1.29, 1.82) is 0 Å². The van der Waals surface area contributed by atoms with E-state index in [4.69, 9.17) is 18.5 Å². The van der Waals surface area contributed by atoms with Crippen molar-refractivity contribution in [2.45, 2.75) is 95.5 Å². The molecule has 0 aliphatic heterocycles. The summed E-state index contributed by atoms with van der Waals surface area (Å²) in [4.78, 5) is 11.6. The van der Waals surface area contributed by atoms with Crippen LogP contribution in [0.5, 0.6) is 0 Å². The molecule has 0 heterocycles. The second-order valence-corrected chi connectivity index (χ2v) is 10.1. The van der Waals surface area contributed by atoms with Gasteiger partial charge in [0.1, 0.15) is 0 Å². The quantitative estimate of drug-likeness (QED) is 0.125. The van der Waals surface area contributed by atoms with Crippen molar-refractivity contribution in [3.63, 3.8) is 0 Å². The third-order valence-corrected chi connectivity index (χ3v) is 7.04. The molecule has 37 heavy (non-hydrogen) atoms. The first-order valence-corrected chi connectivity index (χ1v) is 13.5. The molecule has 6 nitrogen and oxygen atoms in total. The van der Waals surface area contributed by atoms with Crippen LogP contribution in [0.2, 0.25) is 0 Å². The normalized spacial score (nSPS) is 23.2. The average molecular weight is 567 g/mol. The Bertz CT molecular complexity index is 852. The molecule has 1 aromatic carbocycles. The molecule has 0 spiro atoms. The van der Waals surface area contributed by atoms with Gasteiger partial charge in [-0.2, -0.15) is 13.2 Å². The topological polar surface area (TPSA) is 74.2 Å². The Labute approximate surface area is 222 Å². The Hall–Kier alpha value is -1.08. The Morgan fingerprint density at radius 1 is 1.24 bits per heavy atom. The fourth-order valence-corrected chi connectivity index (χ4v) is 4.87. The van der Waals surface area contributed by atoms with Crippen LogP contribution < -0.4 is 0 Å². The zero-order valence-corrected chi connectivity index (χ0v) is 23.7. The number of hydrogen-bond acceptors (Lipinski definition) is 6. The van der Waals surface area contributed by atoms with Crippen LogP contribution in [-0.2, 0) is 35.9 Å². The summed E-state index contributed by atoms with van der Waals surface area (Å²) >= 11 is 0. The first-order valence-electron chi connectivity index (χ1n) is 12.6. The molecular formula is C26H39F3O6P2. The maximum absolute atomic E-state index is 13.0. The van der Waals surface area contributed by atoms with Gasteiger partial charge in [0.2, 0.25) is 0 Å². The third-order valence-electron chi connectivity index (χ3n) is 6.30. The van der Waals surface area contributed by atoms with E-state index in [0.29, 0.717) is 44.1 Å². The van der Waals surface area contributed by atoms with E-state index in [2.05, 4.69) is 18.9 Å². The summed E-state index contributed by atoms with van der Waals surface area (Å²) < 4.78 is 61.1. The Balaban J connectivity index is 1.85. The van der Waals surface area contributed by atoms with Crippen molar-refractivity contribution in [3.05, 3.63) is 47.5 Å². The first kappa shape index (κ1) is 32.1. The minimum absolute atomic E-state index is 0.118. The highest BCUT2D eigenvalue weighted by atomic mass is 31.0. The number of carbonyl (C=O) groups excluding carboxylic acids is 1. The van der Waals surface area contributed by atoms with Crippen molar-refractivity contribution in [3.8, 4) is 0 Å². The number of ether oxygens (including phenoxy) is 2. The molecule has 0 bridgehead atoms. The molecule has 1 fully saturated rings. The van der Waals surface area contributed by atoms with E-state index in [0.717, 1.165) is 18.6 Å². The zero-order chi connectivity index (χ0) is 27.4. The molecule has 1 aromatic rings. The lowest BCUT2D eigenvalue weighted by molar-refractivity contribution is -0.147. The highest BCUT2D eigenvalue weighted by Gasteiger charge is 2.43. The van der Waals surface area contributed by atoms with E-state index in [-0.39, 0.29) is 42.9 Å². The number of allylic oxidation sites excluding steroid dienone is 2. The standard InChI is InChI=1S/C26H39F3O6P2/c1-17(2)33-24(31)11-6-4-3-5-10-21-22(30)15-23(35-37)25(21)32-16-20(34-36)13-12-18-8-7-9-19(14-18)26(27,28)29/h3,5,7-9,14,17,20-23,25,30H,4,6,10-13,15-16,36-37H2,1-2H3/b5-3-/t20?,21-,22?,23?,25?/m0/s1. The van der Waals surface area contributed by atoms with Crippen LogP contribution in [0.15, 0.2) is 36.4 Å². The lowest BCUT2D eigenvalue weighted by atomic mass is 9.98. The van der Waals surface area contributed by atoms with Gasteiger partial charge in [0.05, 0.1) is 42.7 Å². The minimum atomic E-state index is -4.38. The maximum Gasteiger partial charge on any atom is 0.416 e. The predicted molar refractivity (Wildman–Crippen MR) is 142 cm³/mol. The van der Waals surface area contributed by atoms with Crippen LogP contribution in [-0.4, -0.2) is 48.2 Å². The van der Waals surface area contributed by atoms with Gasteiger partial charge in [0.25, 0.3) is 0 Å². The molecule has 0 amide bonds. The SMILES string of the molecule is CC(C)OC(=O)CCC/C=C\C[C@H]1C(O)CC(OP)C1OCC(CCc1cccc(C(F)(F)F)c1)OP. The number of aliphatic hydroxyl groups is 1. The summed E-state index contributed by atoms with van der Waals surface area (Å²) in [6, 6.07) is 5.28. The maximum atomic E-state index is 13.0. The Morgan fingerprint density at radius 3 is 2.65 bits per heavy atom. The number of esters is 1. The number of aliphatic hydroxyl groups excluding tert-OH is 1. The van der Waals surface area contributed by atoms with Crippen molar-refractivity contribution >= 4 is 24.9 Å². The van der Waals surface area contributed by atoms with E-state index in [1.165, 1.54) is 6.07 Å². The van der Waals surface area contributed by atoms with Crippen LogP contribution in [0.3, 0.4) is 0 Å². The monoisotopic (exact) mass is 566 g/mol. The number of rotatable bonds is 15. The second kappa shape index (κ2) is 16.1. The lowest BCUT2D eigenvalue weighted by Crippen LogP contribution is -2.34. The van der Waals surface area contributed by atoms with Crippen molar-refractivity contribution < 1.29 is 41.6 Å². The number of hydrogen-bond donors (Lipinski definition) is 1. The predicted octanol–water partition coefficient (Wildman–Crippen LogP) is 5.82. The average Bonchev–Trinajstić information content (AvgIpc) is 3.14. The molecule has 11 heteroatoms. The smallest absolute Gasteiger partial charge is 0.416 e. The van der Waals surface area contributed by atoms with Crippen LogP contribution in [0.4, 0.5) is 13.2 Å². The number of aryl methyl sites for hydroxylation is 1. The van der Waals surface area contributed by atoms with Gasteiger partial charge in [-0.3, -0.25) is 4.79 Å². The first-order chi connectivity index (χ1) is 17.5. The van der Waals surface area contributed by atoms with Gasteiger partial charge in [0, 0.05) is 37.7 Å². The fraction of sp³-hybridized carbons (Fsp3) is 0.654. The van der Waals surface area contributed by atoms with Gasteiger partial charge < -0.3 is 23.6 Å². The highest BCUT2D eigenvalue weighted by molar-refractivity contribution is 7.10. The summed E-state index contributed by atoms with van der Waals surface area (Å²) in [5.74, 6) is -0.385. The molecule has 210 valence electrons. The summed E-state index contributed by atoms with van der Waals surface area (Å²) in [7, 11) is 4.42. The van der Waals surface area contributed by atoms with Crippen LogP contribution in [0, 0.1) is 5.92 Å². The third kappa shape index (κ3) is 11.3. The van der Waals surface area contributed by atoms with Crippen LogP contribution >= 0.6 is 18.9 Å². The van der Waals surface area contributed by atoms with Gasteiger partial charge >= 0.3 is 12.1 Å². The molecule has 0 aromatic heterocycles. The number of unbranched alkanes of at least 4 members (excludes halogenated alkanes) is 1. The molecular weight excluding hydrogens is 527 g/mol. The Kier molecular flexibility index (Phi) is 14.0. The lowest BCUT2D eigenvalue weighted by Gasteiger charge is -2.26. The zero-order valence-electron chi connectivity index (χ0n) is 21.4. The number of carbonyl (C=O) groups is 1. The molecule has 2 rings (SSSR count). The largest absolute Gasteiger partial charge is 0.463 e. The van der Waals surface area contributed by atoms with Gasteiger partial charge in [-0.1, -0.05) is 30.4 Å². The number of alkyl halides is 3. The van der Waals surface area contributed by atoms with Crippen molar-refractivity contribution in [2.75, 3.05) is 6.61 Å². The Morgan fingerprint density at radius 2 is 2.00 bits per heavy atom.